The van der Waals surface area contributed by atoms with Crippen LogP contribution in [0.2, 0.25) is 0 Å². The van der Waals surface area contributed by atoms with Crippen molar-refractivity contribution in [2.24, 2.45) is 34.0 Å². The van der Waals surface area contributed by atoms with Crippen LogP contribution in [0.3, 0.4) is 0 Å². The largest absolute Gasteiger partial charge is 0.370 e. The number of carbonyl (C=O) groups excluding carboxylic acids is 9. The molecule has 7 atom stereocenters. The lowest BCUT2D eigenvalue weighted by atomic mass is 9.86. The lowest BCUT2D eigenvalue weighted by Gasteiger charge is -2.26. The van der Waals surface area contributed by atoms with Gasteiger partial charge in [-0.2, -0.15) is 0 Å². The van der Waals surface area contributed by atoms with E-state index in [9.17, 15) is 43.2 Å². The van der Waals surface area contributed by atoms with Gasteiger partial charge in [-0.25, -0.2) is 4.98 Å². The number of carbonyl (C=O) groups is 9. The lowest BCUT2D eigenvalue weighted by Crippen LogP contribution is -2.59. The number of fused-ring (bicyclic) bond motifs is 1. The fourth-order valence-corrected chi connectivity index (χ4v) is 8.32. The van der Waals surface area contributed by atoms with Crippen molar-refractivity contribution in [2.45, 2.75) is 115 Å². The van der Waals surface area contributed by atoms with Crippen molar-refractivity contribution in [3.8, 4) is 0 Å². The molecule has 1 saturated heterocycles. The van der Waals surface area contributed by atoms with Gasteiger partial charge in [0.1, 0.15) is 30.0 Å². The van der Waals surface area contributed by atoms with Crippen molar-refractivity contribution >= 4 is 69.8 Å². The summed E-state index contributed by atoms with van der Waals surface area (Å²) in [5.41, 5.74) is 19.3. The van der Waals surface area contributed by atoms with Crippen molar-refractivity contribution in [2.75, 3.05) is 13.1 Å². The molecule has 71 heavy (non-hydrogen) atoms. The van der Waals surface area contributed by atoms with Crippen molar-refractivity contribution in [3.05, 3.63) is 90.1 Å². The molecule has 0 radical (unpaired) electrons. The third-order valence-corrected chi connectivity index (χ3v) is 12.2. The number of hydrogen-bond acceptors (Lipinski definition) is 11. The van der Waals surface area contributed by atoms with Gasteiger partial charge in [-0.05, 0) is 62.1 Å². The SMILES string of the molecule is CC(=O)N[C@@H](CCCN=C(N)N)C(=O)N[C@H]1CC(=O)NCCCC[C@@H](C(N)=O)NC(=O)[C@H](Cc2c[nH]c3ccccc23)CC(=O)[C@H](C)CC(=O)[C@@H](Cc2ccccc2)NC(=O)[C@H](Cc2cnc[nH]2)NC1=O. The number of para-hydroxylation sites is 1. The number of imidazole rings is 1. The number of hydrogen-bond donors (Lipinski definition) is 11. The van der Waals surface area contributed by atoms with Crippen LogP contribution in [0.25, 0.3) is 10.9 Å². The molecular weight excluding hydrogens is 915 g/mol. The molecule has 380 valence electrons. The molecule has 0 unspecified atom stereocenters. The highest BCUT2D eigenvalue weighted by Crippen LogP contribution is 2.25. The number of aliphatic imine (C=N–C) groups is 1. The quantitative estimate of drug-likeness (QED) is 0.0443. The van der Waals surface area contributed by atoms with Gasteiger partial charge in [0, 0.05) is 80.1 Å². The van der Waals surface area contributed by atoms with Gasteiger partial charge in [0.15, 0.2) is 11.7 Å². The summed E-state index contributed by atoms with van der Waals surface area (Å²) in [6.07, 6.45) is 4.28. The highest BCUT2D eigenvalue weighted by Gasteiger charge is 2.35. The minimum atomic E-state index is -1.60. The van der Waals surface area contributed by atoms with Crippen molar-refractivity contribution in [1.82, 2.24) is 46.9 Å². The van der Waals surface area contributed by atoms with Crippen molar-refractivity contribution < 1.29 is 43.2 Å². The maximum Gasteiger partial charge on any atom is 0.243 e. The van der Waals surface area contributed by atoms with E-state index < -0.39 is 101 Å². The summed E-state index contributed by atoms with van der Waals surface area (Å²) in [5, 5.41) is 16.9. The number of nitrogens with two attached hydrogens (primary N) is 3. The van der Waals surface area contributed by atoms with E-state index in [1.54, 1.807) is 43.5 Å². The molecule has 1 aliphatic rings. The lowest BCUT2D eigenvalue weighted by molar-refractivity contribution is -0.136. The summed E-state index contributed by atoms with van der Waals surface area (Å²) in [4.78, 5) is 138. The first-order chi connectivity index (χ1) is 34.0. The number of nitrogens with zero attached hydrogens (tertiary/aromatic N) is 2. The predicted molar refractivity (Wildman–Crippen MR) is 262 cm³/mol. The van der Waals surface area contributed by atoms with Gasteiger partial charge in [-0.15, -0.1) is 0 Å². The first kappa shape index (κ1) is 54.0. The van der Waals surface area contributed by atoms with Crippen molar-refractivity contribution in [3.63, 3.8) is 0 Å². The summed E-state index contributed by atoms with van der Waals surface area (Å²) in [6.45, 7) is 2.96. The number of amides is 7. The molecule has 7 amide bonds. The first-order valence-electron chi connectivity index (χ1n) is 23.7. The molecule has 22 nitrogen and oxygen atoms in total. The molecule has 14 N–H and O–H groups in total. The van der Waals surface area contributed by atoms with Crippen LogP contribution in [0.15, 0.2) is 78.3 Å². The van der Waals surface area contributed by atoms with E-state index in [4.69, 9.17) is 17.2 Å². The summed E-state index contributed by atoms with van der Waals surface area (Å²) in [7, 11) is 0. The van der Waals surface area contributed by atoms with E-state index in [-0.39, 0.29) is 70.4 Å². The Hall–Kier alpha value is -7.91. The summed E-state index contributed by atoms with van der Waals surface area (Å²) in [5.74, 6) is -8.15. The van der Waals surface area contributed by atoms with Gasteiger partial charge < -0.3 is 59.1 Å². The molecule has 5 rings (SSSR count). The number of primary amides is 1. The van der Waals surface area contributed by atoms with Gasteiger partial charge >= 0.3 is 0 Å². The molecule has 2 aromatic carbocycles. The number of Topliss-reactive ketones (excluding diaryl/α,β-unsaturated/α-hetero) is 2. The zero-order valence-corrected chi connectivity index (χ0v) is 40.0. The number of H-pyrrole nitrogens is 2. The average molecular weight is 980 g/mol. The highest BCUT2D eigenvalue weighted by atomic mass is 16.2. The molecule has 0 bridgehead atoms. The van der Waals surface area contributed by atoms with E-state index in [0.29, 0.717) is 24.1 Å². The van der Waals surface area contributed by atoms with Crippen molar-refractivity contribution in [1.29, 1.82) is 0 Å². The number of benzene rings is 2. The Morgan fingerprint density at radius 2 is 1.54 bits per heavy atom. The summed E-state index contributed by atoms with van der Waals surface area (Å²) >= 11 is 0. The van der Waals surface area contributed by atoms with Gasteiger partial charge in [-0.1, -0.05) is 55.5 Å². The van der Waals surface area contributed by atoms with Gasteiger partial charge in [-0.3, -0.25) is 48.1 Å². The minimum Gasteiger partial charge on any atom is -0.370 e. The zero-order valence-electron chi connectivity index (χ0n) is 40.0. The van der Waals surface area contributed by atoms with Crippen LogP contribution < -0.4 is 49.1 Å². The molecule has 0 saturated carbocycles. The Kier molecular flexibility index (Phi) is 20.4. The molecule has 3 heterocycles. The van der Waals surface area contributed by atoms with Gasteiger partial charge in [0.05, 0.1) is 18.8 Å². The number of aromatic nitrogens is 3. The van der Waals surface area contributed by atoms with Crippen LogP contribution in [0.1, 0.15) is 82.0 Å². The Morgan fingerprint density at radius 3 is 2.24 bits per heavy atom. The van der Waals surface area contributed by atoms with Crippen LogP contribution in [0, 0.1) is 11.8 Å². The normalized spacial score (nSPS) is 21.9. The number of rotatable bonds is 14. The van der Waals surface area contributed by atoms with Crippen LogP contribution >= 0.6 is 0 Å². The van der Waals surface area contributed by atoms with Crippen LogP contribution in [-0.4, -0.2) is 117 Å². The molecule has 2 aromatic heterocycles. The number of ketones is 2. The van der Waals surface area contributed by atoms with E-state index >= 15 is 0 Å². The standard InChI is InChI=1S/C49H65N13O9/c1-28-19-42(65)38(20-30-11-4-3-5-12-30)60-47(70)39(23-33-26-53-27-57-33)61-48(71)40(62-46(69)37(58-29(2)63)16-10-18-55-49(51)52)24-43(66)54-17-9-8-15-36(44(50)67)59-45(68)31(22-41(28)64)21-32-25-56-35-14-7-6-13-34(32)35/h3-7,11-14,25-28,31,36-40,56H,8-10,15-24H2,1-2H3,(H2,50,67)(H,53,57)(H,54,66)(H,58,63)(H,59,68)(H,60,70)(H,61,71)(H,62,69)(H4,51,52,55)/t28-,31-,36+,37+,38-,39+,40+/m1/s1. The second-order valence-corrected chi connectivity index (χ2v) is 17.9. The van der Waals surface area contributed by atoms with E-state index in [1.807, 2.05) is 24.3 Å². The number of guanidine groups is 1. The van der Waals surface area contributed by atoms with Gasteiger partial charge in [0.25, 0.3) is 0 Å². The van der Waals surface area contributed by atoms with Crippen LogP contribution in [0.5, 0.6) is 0 Å². The van der Waals surface area contributed by atoms with E-state index in [0.717, 1.165) is 16.5 Å². The van der Waals surface area contributed by atoms with Crippen LogP contribution in [-0.2, 0) is 62.4 Å². The van der Waals surface area contributed by atoms with E-state index in [2.05, 4.69) is 51.8 Å². The Labute approximate surface area is 410 Å². The minimum absolute atomic E-state index is 0.00369. The van der Waals surface area contributed by atoms with Crippen LogP contribution in [0.4, 0.5) is 0 Å². The summed E-state index contributed by atoms with van der Waals surface area (Å²) < 4.78 is 0. The Balaban J connectivity index is 1.48. The molecular formula is C49H65N13O9. The Morgan fingerprint density at radius 1 is 0.803 bits per heavy atom. The topological polar surface area (TPSA) is 361 Å². The number of nitrogens with one attached hydrogen (secondary N) is 8. The zero-order chi connectivity index (χ0) is 51.5. The maximum atomic E-state index is 14.5. The Bertz CT molecular complexity index is 2520. The average Bonchev–Trinajstić information content (AvgIpc) is 4.00. The molecule has 0 spiro atoms. The fraction of sp³-hybridized carbons (Fsp3) is 0.449. The van der Waals surface area contributed by atoms with E-state index in [1.165, 1.54) is 19.4 Å². The summed E-state index contributed by atoms with van der Waals surface area (Å²) in [6, 6.07) is 9.79. The fourth-order valence-electron chi connectivity index (χ4n) is 8.32. The second kappa shape index (κ2) is 26.7. The van der Waals surface area contributed by atoms with Gasteiger partial charge in [0.2, 0.25) is 41.4 Å². The first-order valence-corrected chi connectivity index (χ1v) is 23.7. The highest BCUT2D eigenvalue weighted by molar-refractivity contribution is 5.99. The maximum absolute atomic E-state index is 14.5. The number of aromatic amines is 2. The monoisotopic (exact) mass is 980 g/mol. The predicted octanol–water partition coefficient (Wildman–Crippen LogP) is -0.237. The molecule has 22 heteroatoms. The molecule has 0 aliphatic carbocycles. The third-order valence-electron chi connectivity index (χ3n) is 12.2. The molecule has 4 aromatic rings. The molecule has 1 fully saturated rings. The third kappa shape index (κ3) is 17.2. The second-order valence-electron chi connectivity index (χ2n) is 17.9. The smallest absolute Gasteiger partial charge is 0.243 e. The molecule has 1 aliphatic heterocycles.